The lowest BCUT2D eigenvalue weighted by Crippen LogP contribution is -2.48. The Bertz CT molecular complexity index is 780. The molecule has 0 aliphatic heterocycles. The third-order valence-electron chi connectivity index (χ3n) is 4.12. The van der Waals surface area contributed by atoms with Crippen LogP contribution in [0.1, 0.15) is 25.0 Å². The second-order valence-electron chi connectivity index (χ2n) is 5.95. The monoisotopic (exact) mass is 360 g/mol. The molecule has 2 amide bonds. The van der Waals surface area contributed by atoms with Crippen LogP contribution in [-0.2, 0) is 22.6 Å². The molecule has 0 saturated heterocycles. The number of carbonyl (C=O) groups is 2. The number of halogens is 2. The minimum Gasteiger partial charge on any atom is -0.355 e. The Balaban J connectivity index is 2.27. The summed E-state index contributed by atoms with van der Waals surface area (Å²) >= 11 is 0. The summed E-state index contributed by atoms with van der Waals surface area (Å²) in [5, 5.41) is 2.66. The summed E-state index contributed by atoms with van der Waals surface area (Å²) in [4.78, 5) is 26.3. The second-order valence-corrected chi connectivity index (χ2v) is 5.95. The summed E-state index contributed by atoms with van der Waals surface area (Å²) in [6.07, 6.45) is -0.204. The first-order valence-corrected chi connectivity index (χ1v) is 8.48. The fourth-order valence-electron chi connectivity index (χ4n) is 2.62. The number of nitrogens with one attached hydrogen (secondary N) is 1. The summed E-state index contributed by atoms with van der Waals surface area (Å²) in [7, 11) is 0. The molecule has 0 aliphatic rings. The Morgan fingerprint density at radius 3 is 2.08 bits per heavy atom. The molecule has 2 rings (SSSR count). The van der Waals surface area contributed by atoms with Gasteiger partial charge in [0, 0.05) is 18.7 Å². The Kier molecular flexibility index (Phi) is 6.83. The highest BCUT2D eigenvalue weighted by Crippen LogP contribution is 2.16. The standard InChI is InChI=1S/C20H22F2N2O2/c1-3-23-20(26)14(2)24(13-16-9-5-7-11-18(16)22)19(25)12-15-8-4-6-10-17(15)21/h4-11,14H,3,12-13H2,1-2H3,(H,23,26)/t14-/m0/s1. The van der Waals surface area contributed by atoms with Gasteiger partial charge in [0.15, 0.2) is 0 Å². The molecule has 0 unspecified atom stereocenters. The zero-order chi connectivity index (χ0) is 19.1. The van der Waals surface area contributed by atoms with Crippen molar-refractivity contribution >= 4 is 11.8 Å². The van der Waals surface area contributed by atoms with Crippen molar-refractivity contribution in [2.45, 2.75) is 32.9 Å². The molecule has 0 fully saturated rings. The highest BCUT2D eigenvalue weighted by atomic mass is 19.1. The molecule has 0 aromatic heterocycles. The van der Waals surface area contributed by atoms with Crippen molar-refractivity contribution in [1.82, 2.24) is 10.2 Å². The summed E-state index contributed by atoms with van der Waals surface area (Å²) in [6, 6.07) is 11.2. The molecule has 2 aromatic carbocycles. The van der Waals surface area contributed by atoms with Gasteiger partial charge in [0.2, 0.25) is 11.8 Å². The van der Waals surface area contributed by atoms with E-state index in [1.807, 2.05) is 0 Å². The second kappa shape index (κ2) is 9.08. The number of benzene rings is 2. The minimum atomic E-state index is -0.811. The van der Waals surface area contributed by atoms with Crippen molar-refractivity contribution in [3.05, 3.63) is 71.3 Å². The Morgan fingerprint density at radius 2 is 1.54 bits per heavy atom. The molecule has 0 radical (unpaired) electrons. The summed E-state index contributed by atoms with van der Waals surface area (Å²) < 4.78 is 27.9. The first-order chi connectivity index (χ1) is 12.4. The van der Waals surface area contributed by atoms with Crippen LogP contribution in [0.25, 0.3) is 0 Å². The Labute approximate surface area is 151 Å². The molecule has 138 valence electrons. The van der Waals surface area contributed by atoms with Crippen molar-refractivity contribution in [1.29, 1.82) is 0 Å². The molecule has 1 atom stereocenters. The molecular weight excluding hydrogens is 338 g/mol. The van der Waals surface area contributed by atoms with Gasteiger partial charge in [0.1, 0.15) is 17.7 Å². The van der Waals surface area contributed by atoms with Crippen LogP contribution in [0.2, 0.25) is 0 Å². The smallest absolute Gasteiger partial charge is 0.242 e. The minimum absolute atomic E-state index is 0.0712. The first-order valence-electron chi connectivity index (χ1n) is 8.48. The number of hydrogen-bond donors (Lipinski definition) is 1. The van der Waals surface area contributed by atoms with Crippen molar-refractivity contribution in [3.63, 3.8) is 0 Å². The Hall–Kier alpha value is -2.76. The van der Waals surface area contributed by atoms with E-state index < -0.39 is 23.6 Å². The van der Waals surface area contributed by atoms with Gasteiger partial charge in [0.25, 0.3) is 0 Å². The lowest BCUT2D eigenvalue weighted by atomic mass is 10.1. The van der Waals surface area contributed by atoms with Crippen molar-refractivity contribution in [3.8, 4) is 0 Å². The van der Waals surface area contributed by atoms with Crippen LogP contribution >= 0.6 is 0 Å². The molecule has 4 nitrogen and oxygen atoms in total. The lowest BCUT2D eigenvalue weighted by molar-refractivity contribution is -0.140. The number of rotatable bonds is 7. The van der Waals surface area contributed by atoms with Crippen molar-refractivity contribution < 1.29 is 18.4 Å². The molecule has 1 N–H and O–H groups in total. The largest absolute Gasteiger partial charge is 0.355 e. The quantitative estimate of drug-likeness (QED) is 0.825. The zero-order valence-corrected chi connectivity index (χ0v) is 14.8. The molecule has 2 aromatic rings. The van der Waals surface area contributed by atoms with Crippen LogP contribution in [0, 0.1) is 11.6 Å². The van der Waals surface area contributed by atoms with E-state index in [2.05, 4.69) is 5.32 Å². The Morgan fingerprint density at radius 1 is 1.00 bits per heavy atom. The molecule has 26 heavy (non-hydrogen) atoms. The lowest BCUT2D eigenvalue weighted by Gasteiger charge is -2.29. The normalized spacial score (nSPS) is 11.7. The van der Waals surface area contributed by atoms with Gasteiger partial charge in [-0.05, 0) is 31.5 Å². The number of hydrogen-bond acceptors (Lipinski definition) is 2. The fraction of sp³-hybridized carbons (Fsp3) is 0.300. The van der Waals surface area contributed by atoms with E-state index in [-0.39, 0.29) is 24.4 Å². The van der Waals surface area contributed by atoms with E-state index in [0.717, 1.165) is 0 Å². The predicted octanol–water partition coefficient (Wildman–Crippen LogP) is 3.06. The summed E-state index contributed by atoms with van der Waals surface area (Å²) in [5.74, 6) is -1.74. The van der Waals surface area contributed by atoms with Crippen LogP contribution in [0.4, 0.5) is 8.78 Å². The average Bonchev–Trinajstić information content (AvgIpc) is 2.62. The molecular formula is C20H22F2N2O2. The summed E-state index contributed by atoms with van der Waals surface area (Å²) in [5.41, 5.74) is 0.532. The van der Waals surface area contributed by atoms with E-state index >= 15 is 0 Å². The maximum atomic E-state index is 14.0. The third kappa shape index (κ3) is 4.88. The molecule has 0 bridgehead atoms. The van der Waals surface area contributed by atoms with E-state index in [9.17, 15) is 18.4 Å². The van der Waals surface area contributed by atoms with Crippen LogP contribution in [-0.4, -0.2) is 29.3 Å². The molecule has 0 spiro atoms. The van der Waals surface area contributed by atoms with E-state index in [1.165, 1.54) is 29.2 Å². The van der Waals surface area contributed by atoms with Crippen molar-refractivity contribution in [2.75, 3.05) is 6.54 Å². The van der Waals surface area contributed by atoms with Crippen LogP contribution < -0.4 is 5.32 Å². The number of carbonyl (C=O) groups excluding carboxylic acids is 2. The van der Waals surface area contributed by atoms with Gasteiger partial charge in [0.05, 0.1) is 6.42 Å². The molecule has 0 aliphatic carbocycles. The van der Waals surface area contributed by atoms with Crippen LogP contribution in [0.3, 0.4) is 0 Å². The van der Waals surface area contributed by atoms with Crippen molar-refractivity contribution in [2.24, 2.45) is 0 Å². The SMILES string of the molecule is CCNC(=O)[C@H](C)N(Cc1ccccc1F)C(=O)Cc1ccccc1F. The highest BCUT2D eigenvalue weighted by Gasteiger charge is 2.27. The maximum Gasteiger partial charge on any atom is 0.242 e. The number of amides is 2. The van der Waals surface area contributed by atoms with E-state index in [1.54, 1.807) is 38.1 Å². The van der Waals surface area contributed by atoms with E-state index in [0.29, 0.717) is 12.1 Å². The molecule has 6 heteroatoms. The zero-order valence-electron chi connectivity index (χ0n) is 14.8. The van der Waals surface area contributed by atoms with Gasteiger partial charge in [-0.25, -0.2) is 8.78 Å². The van der Waals surface area contributed by atoms with Crippen LogP contribution in [0.15, 0.2) is 48.5 Å². The molecule has 0 saturated carbocycles. The highest BCUT2D eigenvalue weighted by molar-refractivity contribution is 5.88. The van der Waals surface area contributed by atoms with Gasteiger partial charge in [-0.15, -0.1) is 0 Å². The van der Waals surface area contributed by atoms with Gasteiger partial charge in [-0.2, -0.15) is 0 Å². The van der Waals surface area contributed by atoms with Gasteiger partial charge < -0.3 is 10.2 Å². The predicted molar refractivity (Wildman–Crippen MR) is 95.2 cm³/mol. The molecule has 0 heterocycles. The average molecular weight is 360 g/mol. The maximum absolute atomic E-state index is 14.0. The third-order valence-corrected chi connectivity index (χ3v) is 4.12. The first kappa shape index (κ1) is 19.6. The van der Waals surface area contributed by atoms with Gasteiger partial charge in [-0.3, -0.25) is 9.59 Å². The van der Waals surface area contributed by atoms with Gasteiger partial charge in [-0.1, -0.05) is 36.4 Å². The van der Waals surface area contributed by atoms with E-state index in [4.69, 9.17) is 0 Å². The fourth-order valence-corrected chi connectivity index (χ4v) is 2.62. The van der Waals surface area contributed by atoms with Gasteiger partial charge >= 0.3 is 0 Å². The van der Waals surface area contributed by atoms with Crippen LogP contribution in [0.5, 0.6) is 0 Å². The number of likely N-dealkylation sites (N-methyl/N-ethyl adjacent to an activating group) is 1. The summed E-state index contributed by atoms with van der Waals surface area (Å²) in [6.45, 7) is 3.69. The number of nitrogens with zero attached hydrogens (tertiary/aromatic N) is 1. The topological polar surface area (TPSA) is 49.4 Å².